The van der Waals surface area contributed by atoms with Gasteiger partial charge in [-0.1, -0.05) is 6.07 Å². The van der Waals surface area contributed by atoms with Crippen LogP contribution in [0.3, 0.4) is 0 Å². The predicted molar refractivity (Wildman–Crippen MR) is 96.0 cm³/mol. The molecule has 2 aromatic heterocycles. The maximum atomic E-state index is 14.0. The lowest BCUT2D eigenvalue weighted by Gasteiger charge is -2.36. The second kappa shape index (κ2) is 7.03. The van der Waals surface area contributed by atoms with Crippen LogP contribution in [0.5, 0.6) is 0 Å². The highest BCUT2D eigenvalue weighted by Gasteiger charge is 2.20. The molecule has 1 aromatic carbocycles. The molecule has 0 unspecified atom stereocenters. The number of piperazine rings is 1. The van der Waals surface area contributed by atoms with Gasteiger partial charge in [-0.25, -0.2) is 18.7 Å². The summed E-state index contributed by atoms with van der Waals surface area (Å²) in [5, 5.41) is 0. The maximum Gasteiger partial charge on any atom is 0.147 e. The summed E-state index contributed by atoms with van der Waals surface area (Å²) in [6.07, 6.45) is 4.94. The Morgan fingerprint density at radius 3 is 2.31 bits per heavy atom. The fraction of sp³-hybridized carbons (Fsp3) is 0.211. The molecule has 0 spiro atoms. The minimum absolute atomic E-state index is 0.243. The van der Waals surface area contributed by atoms with Crippen LogP contribution >= 0.6 is 0 Å². The van der Waals surface area contributed by atoms with Crippen LogP contribution in [0.2, 0.25) is 0 Å². The Morgan fingerprint density at radius 1 is 0.846 bits per heavy atom. The number of halogens is 2. The molecule has 3 aromatic rings. The van der Waals surface area contributed by atoms with Crippen molar-refractivity contribution in [2.75, 3.05) is 36.0 Å². The average molecular weight is 353 g/mol. The van der Waals surface area contributed by atoms with Crippen molar-refractivity contribution in [2.24, 2.45) is 0 Å². The predicted octanol–water partition coefficient (Wildman–Crippen LogP) is 3.14. The molecule has 0 atom stereocenters. The van der Waals surface area contributed by atoms with Crippen molar-refractivity contribution in [3.8, 4) is 11.3 Å². The van der Waals surface area contributed by atoms with E-state index in [0.29, 0.717) is 11.5 Å². The molecule has 0 bridgehead atoms. The molecule has 0 amide bonds. The third-order valence-electron chi connectivity index (χ3n) is 4.41. The number of aromatic nitrogens is 3. The van der Waals surface area contributed by atoms with Gasteiger partial charge in [-0.15, -0.1) is 0 Å². The number of nitrogens with zero attached hydrogens (tertiary/aromatic N) is 5. The van der Waals surface area contributed by atoms with Gasteiger partial charge in [0.15, 0.2) is 0 Å². The first-order valence-corrected chi connectivity index (χ1v) is 8.39. The van der Waals surface area contributed by atoms with Crippen molar-refractivity contribution in [1.29, 1.82) is 0 Å². The van der Waals surface area contributed by atoms with Crippen molar-refractivity contribution in [2.45, 2.75) is 0 Å². The van der Waals surface area contributed by atoms with E-state index in [4.69, 9.17) is 0 Å². The highest BCUT2D eigenvalue weighted by Crippen LogP contribution is 2.24. The molecule has 26 heavy (non-hydrogen) atoms. The zero-order chi connectivity index (χ0) is 17.9. The molecule has 0 saturated carbocycles. The fourth-order valence-electron chi connectivity index (χ4n) is 3.04. The third-order valence-corrected chi connectivity index (χ3v) is 4.41. The first-order chi connectivity index (χ1) is 12.7. The van der Waals surface area contributed by atoms with E-state index < -0.39 is 11.6 Å². The zero-order valence-corrected chi connectivity index (χ0v) is 14.0. The van der Waals surface area contributed by atoms with E-state index in [1.807, 2.05) is 18.2 Å². The van der Waals surface area contributed by atoms with Gasteiger partial charge in [-0.05, 0) is 24.3 Å². The lowest BCUT2D eigenvalue weighted by molar-refractivity contribution is 0.585. The van der Waals surface area contributed by atoms with Crippen LogP contribution in [-0.2, 0) is 0 Å². The monoisotopic (exact) mass is 353 g/mol. The van der Waals surface area contributed by atoms with Crippen molar-refractivity contribution in [3.05, 3.63) is 66.6 Å². The second-order valence-electron chi connectivity index (χ2n) is 6.05. The summed E-state index contributed by atoms with van der Waals surface area (Å²) in [7, 11) is 0. The second-order valence-corrected chi connectivity index (χ2v) is 6.05. The molecule has 5 nitrogen and oxygen atoms in total. The molecule has 1 saturated heterocycles. The topological polar surface area (TPSA) is 45.2 Å². The van der Waals surface area contributed by atoms with E-state index in [9.17, 15) is 8.78 Å². The Kier molecular flexibility index (Phi) is 4.43. The Balaban J connectivity index is 1.51. The zero-order valence-electron chi connectivity index (χ0n) is 14.0. The summed E-state index contributed by atoms with van der Waals surface area (Å²) in [4.78, 5) is 17.4. The lowest BCUT2D eigenvalue weighted by Crippen LogP contribution is -2.47. The molecule has 132 valence electrons. The molecule has 0 aliphatic carbocycles. The number of anilines is 2. The van der Waals surface area contributed by atoms with Gasteiger partial charge in [0.25, 0.3) is 0 Å². The number of pyridine rings is 1. The van der Waals surface area contributed by atoms with Crippen molar-refractivity contribution >= 4 is 11.6 Å². The Labute approximate surface area is 150 Å². The van der Waals surface area contributed by atoms with E-state index in [0.717, 1.165) is 38.1 Å². The van der Waals surface area contributed by atoms with Crippen LogP contribution in [0.15, 0.2) is 55.0 Å². The Morgan fingerprint density at radius 2 is 1.62 bits per heavy atom. The van der Waals surface area contributed by atoms with E-state index >= 15 is 0 Å². The average Bonchev–Trinajstić information content (AvgIpc) is 2.69. The number of hydrogen-bond acceptors (Lipinski definition) is 5. The van der Waals surface area contributed by atoms with Gasteiger partial charge in [0, 0.05) is 44.0 Å². The number of hydrogen-bond donors (Lipinski definition) is 0. The Hall–Kier alpha value is -3.09. The first-order valence-electron chi connectivity index (χ1n) is 8.39. The van der Waals surface area contributed by atoms with Crippen LogP contribution in [0, 0.1) is 11.6 Å². The molecule has 1 fully saturated rings. The van der Waals surface area contributed by atoms with Gasteiger partial charge in [-0.2, -0.15) is 0 Å². The molecule has 1 aliphatic heterocycles. The molecule has 0 radical (unpaired) electrons. The molecular weight excluding hydrogens is 336 g/mol. The quantitative estimate of drug-likeness (QED) is 0.724. The van der Waals surface area contributed by atoms with Crippen molar-refractivity contribution in [3.63, 3.8) is 0 Å². The Bertz CT molecular complexity index is 895. The number of benzene rings is 1. The third kappa shape index (κ3) is 3.33. The van der Waals surface area contributed by atoms with Crippen LogP contribution < -0.4 is 9.80 Å². The molecular formula is C19H17F2N5. The highest BCUT2D eigenvalue weighted by molar-refractivity contribution is 5.61. The maximum absolute atomic E-state index is 14.0. The summed E-state index contributed by atoms with van der Waals surface area (Å²) < 4.78 is 27.1. The summed E-state index contributed by atoms with van der Waals surface area (Å²) in [6.45, 7) is 3.16. The largest absolute Gasteiger partial charge is 0.353 e. The fourth-order valence-corrected chi connectivity index (χ4v) is 3.04. The molecule has 0 N–H and O–H groups in total. The summed E-state index contributed by atoms with van der Waals surface area (Å²) in [5.74, 6) is 0.393. The van der Waals surface area contributed by atoms with Gasteiger partial charge in [0.2, 0.25) is 0 Å². The van der Waals surface area contributed by atoms with E-state index in [1.54, 1.807) is 12.4 Å². The minimum Gasteiger partial charge on any atom is -0.353 e. The SMILES string of the molecule is Fc1ccc(-c2cncc(N3CCN(c4ccccn4)CC3)n2)c(F)c1. The van der Waals surface area contributed by atoms with Crippen LogP contribution in [0.4, 0.5) is 20.4 Å². The van der Waals surface area contributed by atoms with Crippen molar-refractivity contribution < 1.29 is 8.78 Å². The lowest BCUT2D eigenvalue weighted by atomic mass is 10.1. The molecule has 4 rings (SSSR count). The molecule has 7 heteroatoms. The molecule has 3 heterocycles. The van der Waals surface area contributed by atoms with Gasteiger partial charge in [0.1, 0.15) is 23.3 Å². The van der Waals surface area contributed by atoms with Gasteiger partial charge in [-0.3, -0.25) is 4.98 Å². The summed E-state index contributed by atoms with van der Waals surface area (Å²) >= 11 is 0. The van der Waals surface area contributed by atoms with Crippen LogP contribution in [-0.4, -0.2) is 41.1 Å². The number of rotatable bonds is 3. The summed E-state index contributed by atoms with van der Waals surface area (Å²) in [6, 6.07) is 9.33. The molecule has 1 aliphatic rings. The van der Waals surface area contributed by atoms with Gasteiger partial charge in [0.05, 0.1) is 18.1 Å². The standard InChI is InChI=1S/C19H17F2N5/c20-14-4-5-15(16(21)11-14)17-12-22-13-19(24-17)26-9-7-25(8-10-26)18-3-1-2-6-23-18/h1-6,11-13H,7-10H2. The first kappa shape index (κ1) is 16.4. The van der Waals surface area contributed by atoms with E-state index in [2.05, 4.69) is 24.8 Å². The van der Waals surface area contributed by atoms with E-state index in [1.165, 1.54) is 18.3 Å². The van der Waals surface area contributed by atoms with Gasteiger partial charge >= 0.3 is 0 Å². The highest BCUT2D eigenvalue weighted by atomic mass is 19.1. The van der Waals surface area contributed by atoms with Crippen LogP contribution in [0.25, 0.3) is 11.3 Å². The van der Waals surface area contributed by atoms with Crippen molar-refractivity contribution in [1.82, 2.24) is 15.0 Å². The minimum atomic E-state index is -0.642. The normalized spacial score (nSPS) is 14.5. The smallest absolute Gasteiger partial charge is 0.147 e. The van der Waals surface area contributed by atoms with Gasteiger partial charge < -0.3 is 9.80 Å². The summed E-state index contributed by atoms with van der Waals surface area (Å²) in [5.41, 5.74) is 0.639. The van der Waals surface area contributed by atoms with Crippen LogP contribution in [0.1, 0.15) is 0 Å². The van der Waals surface area contributed by atoms with E-state index in [-0.39, 0.29) is 5.56 Å².